The summed E-state index contributed by atoms with van der Waals surface area (Å²) < 4.78 is 31.8. The van der Waals surface area contributed by atoms with Gasteiger partial charge in [0, 0.05) is 13.1 Å². The van der Waals surface area contributed by atoms with Gasteiger partial charge in [0.15, 0.2) is 0 Å². The van der Waals surface area contributed by atoms with Crippen molar-refractivity contribution in [3.8, 4) is 0 Å². The fourth-order valence-corrected chi connectivity index (χ4v) is 2.24. The van der Waals surface area contributed by atoms with Gasteiger partial charge >= 0.3 is 6.09 Å². The van der Waals surface area contributed by atoms with Crippen molar-refractivity contribution in [1.29, 1.82) is 0 Å². The van der Waals surface area contributed by atoms with Gasteiger partial charge in [0.2, 0.25) is 0 Å². The first-order valence-electron chi connectivity index (χ1n) is 5.68. The van der Waals surface area contributed by atoms with Gasteiger partial charge in [-0.3, -0.25) is 9.61 Å². The molecule has 18 heavy (non-hydrogen) atoms. The van der Waals surface area contributed by atoms with Crippen molar-refractivity contribution in [2.75, 3.05) is 19.3 Å². The standard InChI is InChI=1S/C10H20N2O5S/c1-10(2,3)16-9(13)11-12-6-5-8(7-12)17-18(4,14)15/h8H,5-7H2,1-4H3,(H,11,13). The quantitative estimate of drug-likeness (QED) is 0.757. The number of ether oxygens (including phenoxy) is 1. The molecule has 1 N–H and O–H groups in total. The third-order valence-electron chi connectivity index (χ3n) is 2.10. The zero-order valence-electron chi connectivity index (χ0n) is 11.1. The Kier molecular flexibility index (Phi) is 4.57. The molecule has 1 atom stereocenters. The number of nitrogens with one attached hydrogen (secondary N) is 1. The Bertz CT molecular complexity index is 401. The summed E-state index contributed by atoms with van der Waals surface area (Å²) in [4.78, 5) is 11.5. The van der Waals surface area contributed by atoms with Crippen LogP contribution in [-0.4, -0.2) is 50.6 Å². The van der Waals surface area contributed by atoms with Crippen LogP contribution in [0.4, 0.5) is 4.79 Å². The third-order valence-corrected chi connectivity index (χ3v) is 2.73. The average Bonchev–Trinajstić information content (AvgIpc) is 2.44. The van der Waals surface area contributed by atoms with E-state index in [0.717, 1.165) is 6.26 Å². The van der Waals surface area contributed by atoms with Gasteiger partial charge in [-0.05, 0) is 27.2 Å². The van der Waals surface area contributed by atoms with Crippen LogP contribution in [0.2, 0.25) is 0 Å². The number of nitrogens with zero attached hydrogens (tertiary/aromatic N) is 1. The van der Waals surface area contributed by atoms with Crippen LogP contribution in [0.3, 0.4) is 0 Å². The summed E-state index contributed by atoms with van der Waals surface area (Å²) in [7, 11) is -3.46. The summed E-state index contributed by atoms with van der Waals surface area (Å²) in [6, 6.07) is 0. The molecular formula is C10H20N2O5S. The Morgan fingerprint density at radius 3 is 2.50 bits per heavy atom. The molecule has 8 heteroatoms. The predicted octanol–water partition coefficient (Wildman–Crippen LogP) is 0.477. The number of carbonyl (C=O) groups is 1. The lowest BCUT2D eigenvalue weighted by molar-refractivity contribution is 0.0353. The summed E-state index contributed by atoms with van der Waals surface area (Å²) in [5.74, 6) is 0. The highest BCUT2D eigenvalue weighted by atomic mass is 32.2. The highest BCUT2D eigenvalue weighted by molar-refractivity contribution is 7.86. The first-order chi connectivity index (χ1) is 8.05. The topological polar surface area (TPSA) is 84.9 Å². The molecule has 0 bridgehead atoms. The number of carbonyl (C=O) groups excluding carboxylic acids is 1. The Labute approximate surface area is 108 Å². The molecule has 106 valence electrons. The third kappa shape index (κ3) is 6.18. The van der Waals surface area contributed by atoms with Crippen molar-refractivity contribution in [2.24, 2.45) is 0 Å². The molecule has 1 heterocycles. The molecule has 0 aromatic carbocycles. The predicted molar refractivity (Wildman–Crippen MR) is 65.3 cm³/mol. The van der Waals surface area contributed by atoms with E-state index in [2.05, 4.69) is 5.43 Å². The largest absolute Gasteiger partial charge is 0.443 e. The molecular weight excluding hydrogens is 260 g/mol. The number of hydrazine groups is 1. The van der Waals surface area contributed by atoms with Gasteiger partial charge in [-0.25, -0.2) is 9.80 Å². The molecule has 1 amide bonds. The lowest BCUT2D eigenvalue weighted by Gasteiger charge is -2.23. The van der Waals surface area contributed by atoms with Gasteiger partial charge in [-0.2, -0.15) is 8.42 Å². The van der Waals surface area contributed by atoms with E-state index >= 15 is 0 Å². The average molecular weight is 280 g/mol. The molecule has 1 unspecified atom stereocenters. The molecule has 0 saturated carbocycles. The first-order valence-corrected chi connectivity index (χ1v) is 7.50. The second-order valence-corrected chi connectivity index (χ2v) is 6.87. The molecule has 0 spiro atoms. The molecule has 1 aliphatic rings. The molecule has 1 fully saturated rings. The minimum atomic E-state index is -3.46. The van der Waals surface area contributed by atoms with Crippen LogP contribution < -0.4 is 5.43 Å². The van der Waals surface area contributed by atoms with E-state index in [0.29, 0.717) is 19.5 Å². The van der Waals surface area contributed by atoms with E-state index in [1.54, 1.807) is 25.8 Å². The second-order valence-electron chi connectivity index (χ2n) is 5.27. The molecule has 1 rings (SSSR count). The Morgan fingerprint density at radius 1 is 1.39 bits per heavy atom. The zero-order chi connectivity index (χ0) is 14.0. The second kappa shape index (κ2) is 5.41. The monoisotopic (exact) mass is 280 g/mol. The lowest BCUT2D eigenvalue weighted by Crippen LogP contribution is -2.44. The summed E-state index contributed by atoms with van der Waals surface area (Å²) in [5, 5.41) is 1.59. The van der Waals surface area contributed by atoms with Crippen molar-refractivity contribution in [3.05, 3.63) is 0 Å². The van der Waals surface area contributed by atoms with Gasteiger partial charge in [0.25, 0.3) is 10.1 Å². The molecule has 1 aliphatic heterocycles. The molecule has 0 radical (unpaired) electrons. The van der Waals surface area contributed by atoms with Crippen LogP contribution in [0.5, 0.6) is 0 Å². The number of hydrogen-bond acceptors (Lipinski definition) is 6. The normalized spacial score (nSPS) is 21.9. The van der Waals surface area contributed by atoms with Gasteiger partial charge in [0.05, 0.1) is 12.4 Å². The Hall–Kier alpha value is -0.860. The fourth-order valence-electron chi connectivity index (χ4n) is 1.59. The van der Waals surface area contributed by atoms with Crippen molar-refractivity contribution in [3.63, 3.8) is 0 Å². The van der Waals surface area contributed by atoms with Gasteiger partial charge < -0.3 is 4.74 Å². The highest BCUT2D eigenvalue weighted by Crippen LogP contribution is 2.13. The molecule has 0 aromatic heterocycles. The van der Waals surface area contributed by atoms with Crippen LogP contribution in [0, 0.1) is 0 Å². The SMILES string of the molecule is CC(C)(C)OC(=O)NN1CCC(OS(C)(=O)=O)C1. The lowest BCUT2D eigenvalue weighted by atomic mass is 10.2. The van der Waals surface area contributed by atoms with Gasteiger partial charge in [0.1, 0.15) is 5.60 Å². The smallest absolute Gasteiger partial charge is 0.422 e. The fraction of sp³-hybridized carbons (Fsp3) is 0.900. The Balaban J connectivity index is 2.37. The summed E-state index contributed by atoms with van der Waals surface area (Å²) in [5.41, 5.74) is 1.99. The van der Waals surface area contributed by atoms with Crippen LogP contribution in [-0.2, 0) is 19.0 Å². The van der Waals surface area contributed by atoms with E-state index in [4.69, 9.17) is 8.92 Å². The highest BCUT2D eigenvalue weighted by Gasteiger charge is 2.28. The summed E-state index contributed by atoms with van der Waals surface area (Å²) >= 11 is 0. The van der Waals surface area contributed by atoms with Gasteiger partial charge in [-0.15, -0.1) is 0 Å². The zero-order valence-corrected chi connectivity index (χ0v) is 11.9. The maximum Gasteiger partial charge on any atom is 0.422 e. The molecule has 7 nitrogen and oxygen atoms in total. The number of hydrogen-bond donors (Lipinski definition) is 1. The molecule has 1 saturated heterocycles. The van der Waals surface area contributed by atoms with Crippen LogP contribution in [0.25, 0.3) is 0 Å². The summed E-state index contributed by atoms with van der Waals surface area (Å²) in [6.07, 6.45) is 0.581. The maximum absolute atomic E-state index is 11.5. The molecule has 0 aromatic rings. The van der Waals surface area contributed by atoms with E-state index in [1.165, 1.54) is 0 Å². The minimum Gasteiger partial charge on any atom is -0.443 e. The van der Waals surface area contributed by atoms with Crippen LogP contribution >= 0.6 is 0 Å². The van der Waals surface area contributed by atoms with E-state index in [9.17, 15) is 13.2 Å². The van der Waals surface area contributed by atoms with E-state index in [1.807, 2.05) is 0 Å². The molecule has 0 aliphatic carbocycles. The summed E-state index contributed by atoms with van der Waals surface area (Å²) in [6.45, 7) is 6.16. The van der Waals surface area contributed by atoms with Crippen molar-refractivity contribution < 1.29 is 22.1 Å². The van der Waals surface area contributed by atoms with E-state index < -0.39 is 27.9 Å². The number of amides is 1. The van der Waals surface area contributed by atoms with Crippen LogP contribution in [0.1, 0.15) is 27.2 Å². The van der Waals surface area contributed by atoms with Gasteiger partial charge in [-0.1, -0.05) is 0 Å². The maximum atomic E-state index is 11.5. The number of rotatable bonds is 3. The van der Waals surface area contributed by atoms with Crippen molar-refractivity contribution in [1.82, 2.24) is 10.4 Å². The first kappa shape index (κ1) is 15.2. The minimum absolute atomic E-state index is 0.326. The van der Waals surface area contributed by atoms with E-state index in [-0.39, 0.29) is 0 Å². The Morgan fingerprint density at radius 2 is 2.00 bits per heavy atom. The van der Waals surface area contributed by atoms with Crippen LogP contribution in [0.15, 0.2) is 0 Å². The van der Waals surface area contributed by atoms with Crippen molar-refractivity contribution in [2.45, 2.75) is 38.9 Å². The van der Waals surface area contributed by atoms with Crippen molar-refractivity contribution >= 4 is 16.2 Å².